The van der Waals surface area contributed by atoms with Gasteiger partial charge in [0.15, 0.2) is 0 Å². The predicted molar refractivity (Wildman–Crippen MR) is 72.6 cm³/mol. The van der Waals surface area contributed by atoms with Crippen LogP contribution < -0.4 is 5.32 Å². The molecule has 0 heterocycles. The molecule has 3 heteroatoms. The second-order valence-corrected chi connectivity index (χ2v) is 6.05. The van der Waals surface area contributed by atoms with E-state index in [1.807, 2.05) is 6.07 Å². The van der Waals surface area contributed by atoms with Gasteiger partial charge < -0.3 is 5.32 Å². The van der Waals surface area contributed by atoms with E-state index in [1.54, 1.807) is 6.07 Å². The molecular formula is C14H19BrFN. The van der Waals surface area contributed by atoms with Gasteiger partial charge in [-0.1, -0.05) is 22.9 Å². The first kappa shape index (κ1) is 13.0. The minimum absolute atomic E-state index is 0.147. The van der Waals surface area contributed by atoms with Gasteiger partial charge in [-0.3, -0.25) is 0 Å². The first-order valence-corrected chi connectivity index (χ1v) is 7.08. The summed E-state index contributed by atoms with van der Waals surface area (Å²) >= 11 is 3.35. The van der Waals surface area contributed by atoms with Gasteiger partial charge >= 0.3 is 0 Å². The lowest BCUT2D eigenvalue weighted by atomic mass is 9.96. The molecule has 0 atom stereocenters. The van der Waals surface area contributed by atoms with Gasteiger partial charge in [0.2, 0.25) is 0 Å². The highest BCUT2D eigenvalue weighted by Crippen LogP contribution is 2.48. The van der Waals surface area contributed by atoms with E-state index in [-0.39, 0.29) is 5.82 Å². The fourth-order valence-corrected chi connectivity index (χ4v) is 2.78. The highest BCUT2D eigenvalue weighted by molar-refractivity contribution is 9.10. The Morgan fingerprint density at radius 3 is 2.71 bits per heavy atom. The number of hydrogen-bond donors (Lipinski definition) is 1. The van der Waals surface area contributed by atoms with Gasteiger partial charge in [0, 0.05) is 11.0 Å². The van der Waals surface area contributed by atoms with Crippen molar-refractivity contribution in [1.29, 1.82) is 0 Å². The third-order valence-corrected chi connectivity index (χ3v) is 3.84. The zero-order chi connectivity index (χ0) is 12.3. The first-order chi connectivity index (χ1) is 8.13. The van der Waals surface area contributed by atoms with E-state index in [1.165, 1.54) is 25.3 Å². The fourth-order valence-electron chi connectivity index (χ4n) is 2.27. The standard InChI is InChI=1S/C14H19BrFN/c1-2-5-17-10-14(3-4-14)9-11-6-12(15)8-13(16)7-11/h6-8,17H,2-5,9-10H2,1H3. The van der Waals surface area contributed by atoms with Gasteiger partial charge in [0.05, 0.1) is 0 Å². The van der Waals surface area contributed by atoms with Crippen LogP contribution >= 0.6 is 15.9 Å². The molecule has 1 fully saturated rings. The normalized spacial score (nSPS) is 17.1. The monoisotopic (exact) mass is 299 g/mol. The second-order valence-electron chi connectivity index (χ2n) is 5.13. The summed E-state index contributed by atoms with van der Waals surface area (Å²) in [7, 11) is 0. The summed E-state index contributed by atoms with van der Waals surface area (Å²) in [4.78, 5) is 0. The third kappa shape index (κ3) is 3.78. The van der Waals surface area contributed by atoms with E-state index in [2.05, 4.69) is 28.2 Å². The SMILES string of the molecule is CCCNCC1(Cc2cc(F)cc(Br)c2)CC1. The fraction of sp³-hybridized carbons (Fsp3) is 0.571. The molecule has 1 N–H and O–H groups in total. The van der Waals surface area contributed by atoms with Crippen LogP contribution in [0, 0.1) is 11.2 Å². The minimum atomic E-state index is -0.147. The lowest BCUT2D eigenvalue weighted by Crippen LogP contribution is -2.26. The van der Waals surface area contributed by atoms with Gasteiger partial charge in [-0.2, -0.15) is 0 Å². The van der Waals surface area contributed by atoms with Gasteiger partial charge in [-0.15, -0.1) is 0 Å². The Morgan fingerprint density at radius 1 is 1.35 bits per heavy atom. The number of benzene rings is 1. The maximum Gasteiger partial charge on any atom is 0.124 e. The van der Waals surface area contributed by atoms with E-state index < -0.39 is 0 Å². The van der Waals surface area contributed by atoms with Crippen molar-refractivity contribution < 1.29 is 4.39 Å². The summed E-state index contributed by atoms with van der Waals surface area (Å²) in [5.74, 6) is -0.147. The van der Waals surface area contributed by atoms with E-state index in [0.29, 0.717) is 5.41 Å². The van der Waals surface area contributed by atoms with Gasteiger partial charge in [-0.05, 0) is 61.4 Å². The summed E-state index contributed by atoms with van der Waals surface area (Å²) in [6, 6.07) is 5.20. The summed E-state index contributed by atoms with van der Waals surface area (Å²) in [6.45, 7) is 4.32. The van der Waals surface area contributed by atoms with Crippen LogP contribution in [0.25, 0.3) is 0 Å². The van der Waals surface area contributed by atoms with Crippen molar-refractivity contribution >= 4 is 15.9 Å². The molecule has 1 aliphatic rings. The van der Waals surface area contributed by atoms with E-state index in [4.69, 9.17) is 0 Å². The molecule has 0 spiro atoms. The molecule has 0 aliphatic heterocycles. The van der Waals surface area contributed by atoms with Crippen LogP contribution in [-0.4, -0.2) is 13.1 Å². The molecule has 17 heavy (non-hydrogen) atoms. The van der Waals surface area contributed by atoms with E-state index >= 15 is 0 Å². The molecular weight excluding hydrogens is 281 g/mol. The Hall–Kier alpha value is -0.410. The Balaban J connectivity index is 1.95. The largest absolute Gasteiger partial charge is 0.316 e. The lowest BCUT2D eigenvalue weighted by molar-refractivity contribution is 0.454. The summed E-state index contributed by atoms with van der Waals surface area (Å²) < 4.78 is 14.1. The molecule has 1 nitrogen and oxygen atoms in total. The van der Waals surface area contributed by atoms with Crippen LogP contribution in [0.5, 0.6) is 0 Å². The molecule has 0 saturated heterocycles. The summed E-state index contributed by atoms with van der Waals surface area (Å²) in [5, 5.41) is 3.48. The molecule has 0 radical (unpaired) electrons. The molecule has 0 amide bonds. The molecule has 1 aromatic rings. The van der Waals surface area contributed by atoms with Crippen LogP contribution in [-0.2, 0) is 6.42 Å². The molecule has 0 bridgehead atoms. The van der Waals surface area contributed by atoms with Crippen LogP contribution in [0.15, 0.2) is 22.7 Å². The van der Waals surface area contributed by atoms with Crippen molar-refractivity contribution in [2.24, 2.45) is 5.41 Å². The first-order valence-electron chi connectivity index (χ1n) is 6.29. The summed E-state index contributed by atoms with van der Waals surface area (Å²) in [5.41, 5.74) is 1.50. The minimum Gasteiger partial charge on any atom is -0.316 e. The Bertz CT molecular complexity index is 368. The van der Waals surface area contributed by atoms with Crippen LogP contribution in [0.1, 0.15) is 31.7 Å². The molecule has 1 aromatic carbocycles. The topological polar surface area (TPSA) is 12.0 Å². The van der Waals surface area contributed by atoms with Crippen LogP contribution in [0.4, 0.5) is 4.39 Å². The van der Waals surface area contributed by atoms with Crippen molar-refractivity contribution in [1.82, 2.24) is 5.32 Å². The average molecular weight is 300 g/mol. The molecule has 0 aromatic heterocycles. The Kier molecular flexibility index (Phi) is 4.21. The van der Waals surface area contributed by atoms with Gasteiger partial charge in [0.1, 0.15) is 5.82 Å². The number of hydrogen-bond acceptors (Lipinski definition) is 1. The van der Waals surface area contributed by atoms with Crippen LogP contribution in [0.2, 0.25) is 0 Å². The van der Waals surface area contributed by atoms with Crippen molar-refractivity contribution in [3.05, 3.63) is 34.1 Å². The van der Waals surface area contributed by atoms with Gasteiger partial charge in [0.25, 0.3) is 0 Å². The second kappa shape index (κ2) is 5.49. The van der Waals surface area contributed by atoms with Crippen molar-refractivity contribution in [3.8, 4) is 0 Å². The summed E-state index contributed by atoms with van der Waals surface area (Å²) in [6.07, 6.45) is 4.68. The van der Waals surface area contributed by atoms with Crippen LogP contribution in [0.3, 0.4) is 0 Å². The van der Waals surface area contributed by atoms with Crippen molar-refractivity contribution in [2.45, 2.75) is 32.6 Å². The molecule has 1 aliphatic carbocycles. The average Bonchev–Trinajstić information content (AvgIpc) is 2.97. The third-order valence-electron chi connectivity index (χ3n) is 3.39. The quantitative estimate of drug-likeness (QED) is 0.785. The molecule has 94 valence electrons. The Morgan fingerprint density at radius 2 is 2.12 bits per heavy atom. The van der Waals surface area contributed by atoms with Crippen molar-refractivity contribution in [2.75, 3.05) is 13.1 Å². The zero-order valence-corrected chi connectivity index (χ0v) is 11.8. The lowest BCUT2D eigenvalue weighted by Gasteiger charge is -2.16. The molecule has 2 rings (SSSR count). The van der Waals surface area contributed by atoms with E-state index in [9.17, 15) is 4.39 Å². The maximum atomic E-state index is 13.3. The number of nitrogens with one attached hydrogen (secondary N) is 1. The van der Waals surface area contributed by atoms with Gasteiger partial charge in [-0.25, -0.2) is 4.39 Å². The smallest absolute Gasteiger partial charge is 0.124 e. The number of rotatable bonds is 6. The molecule has 0 unspecified atom stereocenters. The zero-order valence-electron chi connectivity index (χ0n) is 10.2. The highest BCUT2D eigenvalue weighted by Gasteiger charge is 2.41. The Labute approximate surface area is 111 Å². The highest BCUT2D eigenvalue weighted by atomic mass is 79.9. The maximum absolute atomic E-state index is 13.3. The number of halogens is 2. The van der Waals surface area contributed by atoms with E-state index in [0.717, 1.165) is 29.5 Å². The molecule has 1 saturated carbocycles. The van der Waals surface area contributed by atoms with Crippen molar-refractivity contribution in [3.63, 3.8) is 0 Å². The predicted octanol–water partition coefficient (Wildman–Crippen LogP) is 3.91.